The largest absolute Gasteiger partial charge is 0.379 e. The van der Waals surface area contributed by atoms with E-state index in [0.29, 0.717) is 11.1 Å². The summed E-state index contributed by atoms with van der Waals surface area (Å²) in [6.45, 7) is 0. The third-order valence-electron chi connectivity index (χ3n) is 3.46. The fraction of sp³-hybridized carbons (Fsp3) is 0. The molecule has 0 saturated heterocycles. The van der Waals surface area contributed by atoms with E-state index in [1.807, 2.05) is 6.07 Å². The number of halogens is 1. The van der Waals surface area contributed by atoms with E-state index in [-0.39, 0.29) is 16.4 Å². The fourth-order valence-corrected chi connectivity index (χ4v) is 3.12. The van der Waals surface area contributed by atoms with Crippen molar-refractivity contribution in [1.82, 2.24) is 0 Å². The van der Waals surface area contributed by atoms with Crippen LogP contribution in [0.2, 0.25) is 0 Å². The highest BCUT2D eigenvalue weighted by Gasteiger charge is 2.17. The maximum atomic E-state index is 12.9. The van der Waals surface area contributed by atoms with Gasteiger partial charge in [0, 0.05) is 11.1 Å². The van der Waals surface area contributed by atoms with Gasteiger partial charge < -0.3 is 4.18 Å². The van der Waals surface area contributed by atoms with Crippen LogP contribution in [0, 0.1) is 5.82 Å². The molecule has 0 aliphatic heterocycles. The van der Waals surface area contributed by atoms with Crippen molar-refractivity contribution in [2.45, 2.75) is 4.90 Å². The van der Waals surface area contributed by atoms with Crippen LogP contribution in [0.5, 0.6) is 5.75 Å². The number of carbonyl (C=O) groups is 1. The van der Waals surface area contributed by atoms with E-state index >= 15 is 0 Å². The lowest BCUT2D eigenvalue weighted by atomic mass is 10.0. The van der Waals surface area contributed by atoms with Gasteiger partial charge in [0.2, 0.25) is 0 Å². The van der Waals surface area contributed by atoms with Crippen LogP contribution in [0.15, 0.2) is 83.8 Å². The normalized spacial score (nSPS) is 11.1. The van der Waals surface area contributed by atoms with Gasteiger partial charge in [0.1, 0.15) is 16.5 Å². The molecule has 0 unspecified atom stereocenters. The zero-order chi connectivity index (χ0) is 17.9. The van der Waals surface area contributed by atoms with Gasteiger partial charge in [-0.25, -0.2) is 4.39 Å². The number of ketones is 1. The zero-order valence-corrected chi connectivity index (χ0v) is 13.7. The number of rotatable bonds is 5. The Balaban J connectivity index is 1.79. The van der Waals surface area contributed by atoms with E-state index in [4.69, 9.17) is 4.18 Å². The van der Waals surface area contributed by atoms with Gasteiger partial charge in [-0.3, -0.25) is 4.79 Å². The molecule has 3 aromatic rings. The molecule has 25 heavy (non-hydrogen) atoms. The topological polar surface area (TPSA) is 60.4 Å². The first kappa shape index (κ1) is 16.9. The molecule has 0 heterocycles. The van der Waals surface area contributed by atoms with Crippen molar-refractivity contribution < 1.29 is 21.8 Å². The van der Waals surface area contributed by atoms with Crippen LogP contribution in [-0.4, -0.2) is 14.2 Å². The molecule has 0 radical (unpaired) electrons. The van der Waals surface area contributed by atoms with Crippen LogP contribution < -0.4 is 4.18 Å². The number of carbonyl (C=O) groups excluding carboxylic acids is 1. The number of hydrogen-bond acceptors (Lipinski definition) is 4. The molecule has 0 amide bonds. The molecule has 3 aromatic carbocycles. The number of hydrogen-bond donors (Lipinski definition) is 0. The Bertz CT molecular complexity index is 980. The van der Waals surface area contributed by atoms with Crippen LogP contribution in [0.1, 0.15) is 15.9 Å². The average Bonchev–Trinajstić information content (AvgIpc) is 2.62. The van der Waals surface area contributed by atoms with Crippen molar-refractivity contribution in [1.29, 1.82) is 0 Å². The highest BCUT2D eigenvalue weighted by atomic mass is 32.2. The minimum atomic E-state index is -4.07. The molecule has 4 nitrogen and oxygen atoms in total. The predicted molar refractivity (Wildman–Crippen MR) is 90.5 cm³/mol. The van der Waals surface area contributed by atoms with E-state index in [1.54, 1.807) is 24.3 Å². The molecule has 0 saturated carbocycles. The molecule has 6 heteroatoms. The summed E-state index contributed by atoms with van der Waals surface area (Å²) in [4.78, 5) is 12.1. The maximum absolute atomic E-state index is 12.9. The van der Waals surface area contributed by atoms with Crippen molar-refractivity contribution in [2.24, 2.45) is 0 Å². The van der Waals surface area contributed by atoms with Gasteiger partial charge in [0.05, 0.1) is 0 Å². The fourth-order valence-electron chi connectivity index (χ4n) is 2.19. The molecular formula is C19H13FO4S. The van der Waals surface area contributed by atoms with Crippen LogP contribution in [0.3, 0.4) is 0 Å². The molecular weight excluding hydrogens is 343 g/mol. The van der Waals surface area contributed by atoms with Gasteiger partial charge in [-0.2, -0.15) is 8.42 Å². The van der Waals surface area contributed by atoms with Gasteiger partial charge in [-0.1, -0.05) is 30.3 Å². The first-order valence-corrected chi connectivity index (χ1v) is 8.76. The van der Waals surface area contributed by atoms with Gasteiger partial charge in [-0.15, -0.1) is 0 Å². The minimum Gasteiger partial charge on any atom is -0.379 e. The van der Waals surface area contributed by atoms with Crippen molar-refractivity contribution in [3.05, 3.63) is 95.8 Å². The Kier molecular flexibility index (Phi) is 4.63. The quantitative estimate of drug-likeness (QED) is 0.515. The predicted octanol–water partition coefficient (Wildman–Crippen LogP) is 3.82. The van der Waals surface area contributed by atoms with E-state index in [0.717, 1.165) is 24.3 Å². The van der Waals surface area contributed by atoms with Gasteiger partial charge in [-0.05, 0) is 48.5 Å². The smallest absolute Gasteiger partial charge is 0.339 e. The zero-order valence-electron chi connectivity index (χ0n) is 12.9. The second kappa shape index (κ2) is 6.86. The number of benzene rings is 3. The monoisotopic (exact) mass is 356 g/mol. The van der Waals surface area contributed by atoms with E-state index in [2.05, 4.69) is 0 Å². The van der Waals surface area contributed by atoms with Crippen molar-refractivity contribution in [3.63, 3.8) is 0 Å². The third kappa shape index (κ3) is 3.92. The van der Waals surface area contributed by atoms with Crippen molar-refractivity contribution in [2.75, 3.05) is 0 Å². The highest BCUT2D eigenvalue weighted by molar-refractivity contribution is 7.87. The van der Waals surface area contributed by atoms with Gasteiger partial charge in [0.15, 0.2) is 5.78 Å². The Morgan fingerprint density at radius 3 is 1.92 bits per heavy atom. The van der Waals surface area contributed by atoms with E-state index < -0.39 is 15.9 Å². The summed E-state index contributed by atoms with van der Waals surface area (Å²) in [7, 11) is -4.07. The van der Waals surface area contributed by atoms with E-state index in [9.17, 15) is 17.6 Å². The molecule has 0 aliphatic carbocycles. The summed E-state index contributed by atoms with van der Waals surface area (Å²) >= 11 is 0. The molecule has 126 valence electrons. The lowest BCUT2D eigenvalue weighted by Crippen LogP contribution is -2.10. The first-order valence-electron chi connectivity index (χ1n) is 7.35. The molecule has 0 atom stereocenters. The molecule has 0 aliphatic rings. The standard InChI is InChI=1S/C19H13FO4S/c20-16-8-12-18(13-9-16)25(22,23)24-17-10-6-15(7-11-17)19(21)14-4-2-1-3-5-14/h1-13H. The SMILES string of the molecule is O=C(c1ccccc1)c1ccc(OS(=O)(=O)c2ccc(F)cc2)cc1. The third-order valence-corrected chi connectivity index (χ3v) is 4.72. The van der Waals surface area contributed by atoms with Crippen molar-refractivity contribution in [3.8, 4) is 5.75 Å². The van der Waals surface area contributed by atoms with Crippen LogP contribution in [0.4, 0.5) is 4.39 Å². The average molecular weight is 356 g/mol. The maximum Gasteiger partial charge on any atom is 0.339 e. The Morgan fingerprint density at radius 1 is 0.760 bits per heavy atom. The molecule has 0 bridgehead atoms. The molecule has 0 spiro atoms. The molecule has 0 fully saturated rings. The minimum absolute atomic E-state index is 0.0638. The Labute approximate surface area is 144 Å². The summed E-state index contributed by atoms with van der Waals surface area (Å²) in [5.74, 6) is -0.648. The summed E-state index contributed by atoms with van der Waals surface area (Å²) < 4.78 is 42.2. The summed E-state index contributed by atoms with van der Waals surface area (Å²) in [5, 5.41) is 0. The lowest BCUT2D eigenvalue weighted by Gasteiger charge is -2.08. The summed E-state index contributed by atoms with van der Waals surface area (Å²) in [6, 6.07) is 18.8. The second-order valence-electron chi connectivity index (χ2n) is 5.21. The van der Waals surface area contributed by atoms with Gasteiger partial charge in [0.25, 0.3) is 0 Å². The lowest BCUT2D eigenvalue weighted by molar-refractivity contribution is 0.103. The molecule has 0 aromatic heterocycles. The van der Waals surface area contributed by atoms with Crippen LogP contribution >= 0.6 is 0 Å². The second-order valence-corrected chi connectivity index (χ2v) is 6.76. The summed E-state index contributed by atoms with van der Waals surface area (Å²) in [5.41, 5.74) is 0.952. The highest BCUT2D eigenvalue weighted by Crippen LogP contribution is 2.20. The van der Waals surface area contributed by atoms with Gasteiger partial charge >= 0.3 is 10.1 Å². The van der Waals surface area contributed by atoms with E-state index in [1.165, 1.54) is 24.3 Å². The molecule has 0 N–H and O–H groups in total. The molecule has 3 rings (SSSR count). The Morgan fingerprint density at radius 2 is 1.32 bits per heavy atom. The van der Waals surface area contributed by atoms with Crippen LogP contribution in [-0.2, 0) is 10.1 Å². The first-order chi connectivity index (χ1) is 12.0. The summed E-state index contributed by atoms with van der Waals surface area (Å²) in [6.07, 6.45) is 0. The van der Waals surface area contributed by atoms with Crippen molar-refractivity contribution >= 4 is 15.9 Å². The Hall–Kier alpha value is -2.99. The van der Waals surface area contributed by atoms with Crippen LogP contribution in [0.25, 0.3) is 0 Å².